The Morgan fingerprint density at radius 3 is 2.26 bits per heavy atom. The molecule has 0 spiro atoms. The smallest absolute Gasteiger partial charge is 0.243 e. The molecule has 1 amide bonds. The number of benzene rings is 2. The van der Waals surface area contributed by atoms with Gasteiger partial charge in [-0.2, -0.15) is 4.31 Å². The van der Waals surface area contributed by atoms with E-state index in [1.807, 2.05) is 37.4 Å². The van der Waals surface area contributed by atoms with Gasteiger partial charge in [-0.15, -0.1) is 11.8 Å². The van der Waals surface area contributed by atoms with Crippen LogP contribution in [-0.4, -0.2) is 45.6 Å². The molecule has 0 aliphatic heterocycles. The number of rotatable bonds is 8. The Kier molecular flexibility index (Phi) is 7.29. The summed E-state index contributed by atoms with van der Waals surface area (Å²) in [5.41, 5.74) is 0.960. The summed E-state index contributed by atoms with van der Waals surface area (Å²) in [6, 6.07) is 13.7. The van der Waals surface area contributed by atoms with Crippen LogP contribution < -0.4 is 10.1 Å². The number of carbonyl (C=O) groups excluding carboxylic acids is 1. The van der Waals surface area contributed by atoms with Gasteiger partial charge in [0.05, 0.1) is 24.6 Å². The maximum Gasteiger partial charge on any atom is 0.243 e. The molecule has 0 aliphatic rings. The number of hydrogen-bond donors (Lipinski definition) is 1. The molecule has 146 valence electrons. The van der Waals surface area contributed by atoms with Gasteiger partial charge in [-0.05, 0) is 55.1 Å². The Bertz CT molecular complexity index is 866. The van der Waals surface area contributed by atoms with Crippen molar-refractivity contribution in [2.45, 2.75) is 22.8 Å². The van der Waals surface area contributed by atoms with Gasteiger partial charge >= 0.3 is 0 Å². The van der Waals surface area contributed by atoms with Crippen LogP contribution in [0.3, 0.4) is 0 Å². The topological polar surface area (TPSA) is 75.7 Å². The normalized spacial score (nSPS) is 12.6. The number of amides is 1. The number of likely N-dealkylation sites (N-methyl/N-ethyl adjacent to an activating group) is 1. The van der Waals surface area contributed by atoms with E-state index in [1.54, 1.807) is 23.9 Å². The lowest BCUT2D eigenvalue weighted by Crippen LogP contribution is -2.39. The second kappa shape index (κ2) is 9.25. The number of ether oxygens (including phenoxy) is 1. The number of hydrogen-bond acceptors (Lipinski definition) is 5. The highest BCUT2D eigenvalue weighted by atomic mass is 32.2. The number of nitrogens with one attached hydrogen (secondary N) is 1. The molecule has 0 saturated heterocycles. The Morgan fingerprint density at radius 2 is 1.74 bits per heavy atom. The van der Waals surface area contributed by atoms with Gasteiger partial charge in [0.25, 0.3) is 0 Å². The van der Waals surface area contributed by atoms with Gasteiger partial charge in [-0.3, -0.25) is 4.79 Å². The molecular formula is C19H24N2O4S2. The summed E-state index contributed by atoms with van der Waals surface area (Å²) in [7, 11) is -0.859. The second-order valence-electron chi connectivity index (χ2n) is 6.00. The molecular weight excluding hydrogens is 384 g/mol. The van der Waals surface area contributed by atoms with Gasteiger partial charge in [-0.1, -0.05) is 12.1 Å². The predicted molar refractivity (Wildman–Crippen MR) is 108 cm³/mol. The summed E-state index contributed by atoms with van der Waals surface area (Å²) >= 11 is 1.65. The molecule has 8 heteroatoms. The molecule has 2 rings (SSSR count). The number of carbonyl (C=O) groups is 1. The summed E-state index contributed by atoms with van der Waals surface area (Å²) in [5.74, 6) is 0.201. The SMILES string of the molecule is COc1ccc(S(=O)(=O)N(C)CC(=O)NC(C)c2ccc(SC)cc2)cc1. The fourth-order valence-corrected chi connectivity index (χ4v) is 4.01. The van der Waals surface area contributed by atoms with Crippen molar-refractivity contribution in [1.82, 2.24) is 9.62 Å². The van der Waals surface area contributed by atoms with Gasteiger partial charge in [0, 0.05) is 11.9 Å². The van der Waals surface area contributed by atoms with Gasteiger partial charge in [0.15, 0.2) is 0 Å². The molecule has 0 aliphatic carbocycles. The lowest BCUT2D eigenvalue weighted by atomic mass is 10.1. The fourth-order valence-electron chi connectivity index (χ4n) is 2.48. The minimum atomic E-state index is -3.75. The van der Waals surface area contributed by atoms with E-state index < -0.39 is 10.0 Å². The van der Waals surface area contributed by atoms with E-state index in [0.29, 0.717) is 5.75 Å². The summed E-state index contributed by atoms with van der Waals surface area (Å²) in [5, 5.41) is 2.83. The molecule has 0 radical (unpaired) electrons. The molecule has 0 saturated carbocycles. The Morgan fingerprint density at radius 1 is 1.15 bits per heavy atom. The zero-order chi connectivity index (χ0) is 20.0. The summed E-state index contributed by atoms with van der Waals surface area (Å²) < 4.78 is 31.3. The van der Waals surface area contributed by atoms with Crippen molar-refractivity contribution < 1.29 is 17.9 Å². The average molecular weight is 409 g/mol. The Balaban J connectivity index is 2.00. The first-order valence-electron chi connectivity index (χ1n) is 8.31. The lowest BCUT2D eigenvalue weighted by Gasteiger charge is -2.19. The summed E-state index contributed by atoms with van der Waals surface area (Å²) in [6.07, 6.45) is 2.00. The van der Waals surface area contributed by atoms with Gasteiger partial charge in [0.1, 0.15) is 5.75 Å². The van der Waals surface area contributed by atoms with Crippen LogP contribution in [0.4, 0.5) is 0 Å². The van der Waals surface area contributed by atoms with Crippen LogP contribution in [0.5, 0.6) is 5.75 Å². The van der Waals surface area contributed by atoms with Crippen LogP contribution in [0.15, 0.2) is 58.3 Å². The number of sulfonamides is 1. The molecule has 0 heterocycles. The maximum atomic E-state index is 12.6. The van der Waals surface area contributed by atoms with Crippen LogP contribution in [-0.2, 0) is 14.8 Å². The average Bonchev–Trinajstić information content (AvgIpc) is 2.67. The van der Waals surface area contributed by atoms with Crippen LogP contribution >= 0.6 is 11.8 Å². The van der Waals surface area contributed by atoms with Crippen molar-refractivity contribution in [1.29, 1.82) is 0 Å². The lowest BCUT2D eigenvalue weighted by molar-refractivity contribution is -0.121. The van der Waals surface area contributed by atoms with E-state index in [9.17, 15) is 13.2 Å². The first-order valence-corrected chi connectivity index (χ1v) is 11.0. The van der Waals surface area contributed by atoms with Gasteiger partial charge in [-0.25, -0.2) is 8.42 Å². The second-order valence-corrected chi connectivity index (χ2v) is 8.92. The number of nitrogens with zero attached hydrogens (tertiary/aromatic N) is 1. The van der Waals surface area contributed by atoms with Crippen LogP contribution in [0.1, 0.15) is 18.5 Å². The third-order valence-corrected chi connectivity index (χ3v) is 6.69. The van der Waals surface area contributed by atoms with Crippen molar-refractivity contribution in [3.63, 3.8) is 0 Å². The highest BCUT2D eigenvalue weighted by Gasteiger charge is 2.23. The van der Waals surface area contributed by atoms with Crippen molar-refractivity contribution >= 4 is 27.7 Å². The van der Waals surface area contributed by atoms with Gasteiger partial charge in [0.2, 0.25) is 15.9 Å². The zero-order valence-electron chi connectivity index (χ0n) is 15.8. The molecule has 6 nitrogen and oxygen atoms in total. The van der Waals surface area contributed by atoms with Gasteiger partial charge < -0.3 is 10.1 Å². The van der Waals surface area contributed by atoms with E-state index in [-0.39, 0.29) is 23.4 Å². The van der Waals surface area contributed by atoms with Crippen LogP contribution in [0.25, 0.3) is 0 Å². The van der Waals surface area contributed by atoms with E-state index in [1.165, 1.54) is 26.3 Å². The third kappa shape index (κ3) is 5.47. The first kappa shape index (κ1) is 21.3. The molecule has 1 N–H and O–H groups in total. The minimum absolute atomic E-state index is 0.110. The van der Waals surface area contributed by atoms with Crippen molar-refractivity contribution in [2.75, 3.05) is 27.0 Å². The fraction of sp³-hybridized carbons (Fsp3) is 0.316. The molecule has 2 aromatic carbocycles. The van der Waals surface area contributed by atoms with E-state index in [4.69, 9.17) is 4.74 Å². The molecule has 1 atom stereocenters. The molecule has 2 aromatic rings. The molecule has 0 bridgehead atoms. The monoisotopic (exact) mass is 408 g/mol. The first-order chi connectivity index (χ1) is 12.8. The van der Waals surface area contributed by atoms with Crippen LogP contribution in [0, 0.1) is 0 Å². The highest BCUT2D eigenvalue weighted by molar-refractivity contribution is 7.98. The van der Waals surface area contributed by atoms with E-state index in [0.717, 1.165) is 14.8 Å². The standard InChI is InChI=1S/C19H24N2O4S2/c1-14(15-5-9-17(26-4)10-6-15)20-19(22)13-21(2)27(23,24)18-11-7-16(25-3)8-12-18/h5-12,14H,13H2,1-4H3,(H,20,22). The van der Waals surface area contributed by atoms with Crippen molar-refractivity contribution in [3.8, 4) is 5.75 Å². The quantitative estimate of drug-likeness (QED) is 0.680. The predicted octanol–water partition coefficient (Wildman–Crippen LogP) is 2.92. The number of thioether (sulfide) groups is 1. The summed E-state index contributed by atoms with van der Waals surface area (Å²) in [6.45, 7) is 1.60. The number of methoxy groups -OCH3 is 1. The Labute approximate surface area is 165 Å². The molecule has 0 fully saturated rings. The highest BCUT2D eigenvalue weighted by Crippen LogP contribution is 2.20. The van der Waals surface area contributed by atoms with Crippen molar-refractivity contribution in [2.24, 2.45) is 0 Å². The maximum absolute atomic E-state index is 12.6. The zero-order valence-corrected chi connectivity index (χ0v) is 17.4. The largest absolute Gasteiger partial charge is 0.497 e. The molecule has 1 unspecified atom stereocenters. The minimum Gasteiger partial charge on any atom is -0.497 e. The third-order valence-electron chi connectivity index (χ3n) is 4.13. The van der Waals surface area contributed by atoms with E-state index >= 15 is 0 Å². The van der Waals surface area contributed by atoms with E-state index in [2.05, 4.69) is 5.32 Å². The summed E-state index contributed by atoms with van der Waals surface area (Å²) in [4.78, 5) is 13.5. The molecule has 27 heavy (non-hydrogen) atoms. The Hall–Kier alpha value is -2.03. The van der Waals surface area contributed by atoms with Crippen molar-refractivity contribution in [3.05, 3.63) is 54.1 Å². The molecule has 0 aromatic heterocycles. The van der Waals surface area contributed by atoms with Crippen LogP contribution in [0.2, 0.25) is 0 Å².